The second kappa shape index (κ2) is 3.15. The van der Waals surface area contributed by atoms with Crippen molar-refractivity contribution in [3.63, 3.8) is 0 Å². The summed E-state index contributed by atoms with van der Waals surface area (Å²) in [6.07, 6.45) is -2.30. The summed E-state index contributed by atoms with van der Waals surface area (Å²) in [7, 11) is 0. The van der Waals surface area contributed by atoms with E-state index in [1.165, 1.54) is 0 Å². The Balaban J connectivity index is 1.81. The summed E-state index contributed by atoms with van der Waals surface area (Å²) in [5.74, 6) is -0.679. The zero-order valence-electron chi connectivity index (χ0n) is 12.8. The van der Waals surface area contributed by atoms with Crippen LogP contribution in [-0.2, 0) is 19.0 Å². The lowest BCUT2D eigenvalue weighted by atomic mass is 9.47. The number of esters is 1. The molecule has 2 aliphatic carbocycles. The Morgan fingerprint density at radius 3 is 2.73 bits per heavy atom. The van der Waals surface area contributed by atoms with Gasteiger partial charge in [-0.1, -0.05) is 19.1 Å². The van der Waals surface area contributed by atoms with Gasteiger partial charge in [0, 0.05) is 12.3 Å². The van der Waals surface area contributed by atoms with Gasteiger partial charge in [0.1, 0.15) is 18.3 Å². The molecule has 2 N–H and O–H groups in total. The predicted octanol–water partition coefficient (Wildman–Crippen LogP) is 0.120. The second-order valence-electron chi connectivity index (χ2n) is 7.99. The van der Waals surface area contributed by atoms with Gasteiger partial charge in [0.2, 0.25) is 5.60 Å². The number of hydrogen-bond acceptors (Lipinski definition) is 6. The van der Waals surface area contributed by atoms with Crippen molar-refractivity contribution in [2.75, 3.05) is 0 Å². The molecule has 0 amide bonds. The first kappa shape index (κ1) is 13.5. The molecule has 3 saturated heterocycles. The van der Waals surface area contributed by atoms with Crippen molar-refractivity contribution in [3.8, 4) is 0 Å². The second-order valence-corrected chi connectivity index (χ2v) is 7.99. The zero-order chi connectivity index (χ0) is 15.9. The van der Waals surface area contributed by atoms with Crippen LogP contribution in [0.2, 0.25) is 0 Å². The van der Waals surface area contributed by atoms with Gasteiger partial charge in [-0.25, -0.2) is 4.79 Å². The molecule has 5 rings (SSSR count). The molecule has 5 aliphatic rings. The number of aliphatic hydroxyl groups excluding tert-OH is 1. The zero-order valence-corrected chi connectivity index (χ0v) is 12.8. The summed E-state index contributed by atoms with van der Waals surface area (Å²) in [4.78, 5) is 12.4. The normalized spacial score (nSPS) is 66.8. The molecule has 5 fully saturated rings. The topological polar surface area (TPSA) is 88.5 Å². The fourth-order valence-electron chi connectivity index (χ4n) is 6.32. The lowest BCUT2D eigenvalue weighted by Gasteiger charge is -2.58. The van der Waals surface area contributed by atoms with Crippen LogP contribution in [0, 0.1) is 16.7 Å². The van der Waals surface area contributed by atoms with Crippen LogP contribution in [0.4, 0.5) is 0 Å². The Labute approximate surface area is 128 Å². The van der Waals surface area contributed by atoms with Gasteiger partial charge >= 0.3 is 5.97 Å². The minimum absolute atomic E-state index is 0.272. The van der Waals surface area contributed by atoms with Crippen LogP contribution in [0.15, 0.2) is 12.2 Å². The summed E-state index contributed by atoms with van der Waals surface area (Å²) in [5, 5.41) is 22.3. The molecule has 0 aromatic carbocycles. The molecule has 3 heterocycles. The maximum Gasteiger partial charge on any atom is 0.342 e. The highest BCUT2D eigenvalue weighted by atomic mass is 16.7. The monoisotopic (exact) mass is 308 g/mol. The highest BCUT2D eigenvalue weighted by Gasteiger charge is 2.96. The summed E-state index contributed by atoms with van der Waals surface area (Å²) in [6.45, 7) is 9.56. The summed E-state index contributed by atoms with van der Waals surface area (Å²) < 4.78 is 17.1. The van der Waals surface area contributed by atoms with Crippen LogP contribution < -0.4 is 0 Å². The number of rotatable bonds is 1. The fourth-order valence-corrected chi connectivity index (χ4v) is 6.32. The van der Waals surface area contributed by atoms with Crippen molar-refractivity contribution in [1.29, 1.82) is 0 Å². The van der Waals surface area contributed by atoms with E-state index < -0.39 is 46.5 Å². The van der Waals surface area contributed by atoms with E-state index in [0.717, 1.165) is 5.57 Å². The SMILES string of the molecule is C=C(C)C1C2O[C@@H](O)C1(C)C1(O)C[C@H]3O[C@]34C(=O)OC2C14C. The summed E-state index contributed by atoms with van der Waals surface area (Å²) in [5.41, 5.74) is -3.41. The molecule has 6 unspecified atom stereocenters. The van der Waals surface area contributed by atoms with E-state index in [9.17, 15) is 15.0 Å². The molecule has 22 heavy (non-hydrogen) atoms. The van der Waals surface area contributed by atoms with E-state index in [-0.39, 0.29) is 12.0 Å². The van der Waals surface area contributed by atoms with Crippen LogP contribution in [0.1, 0.15) is 27.2 Å². The van der Waals surface area contributed by atoms with Crippen molar-refractivity contribution in [2.45, 2.75) is 63.0 Å². The largest absolute Gasteiger partial charge is 0.457 e. The van der Waals surface area contributed by atoms with Crippen LogP contribution in [0.25, 0.3) is 0 Å². The maximum absolute atomic E-state index is 12.4. The van der Waals surface area contributed by atoms with E-state index in [0.29, 0.717) is 6.42 Å². The molecule has 6 heteroatoms. The van der Waals surface area contributed by atoms with Gasteiger partial charge in [-0.05, 0) is 13.8 Å². The Morgan fingerprint density at radius 1 is 1.41 bits per heavy atom. The van der Waals surface area contributed by atoms with Gasteiger partial charge in [-0.15, -0.1) is 0 Å². The van der Waals surface area contributed by atoms with Gasteiger partial charge in [0.25, 0.3) is 0 Å². The maximum atomic E-state index is 12.4. The third-order valence-electron chi connectivity index (χ3n) is 7.44. The number of carbonyl (C=O) groups excluding carboxylic acids is 1. The average Bonchev–Trinajstić information content (AvgIpc) is 2.95. The molecule has 2 saturated carbocycles. The Kier molecular flexibility index (Phi) is 1.93. The van der Waals surface area contributed by atoms with E-state index in [4.69, 9.17) is 14.2 Å². The Bertz CT molecular complexity index is 647. The average molecular weight is 308 g/mol. The lowest BCUT2D eigenvalue weighted by Crippen LogP contribution is -2.71. The van der Waals surface area contributed by atoms with Gasteiger partial charge in [0.15, 0.2) is 6.29 Å². The van der Waals surface area contributed by atoms with Gasteiger partial charge in [-0.3, -0.25) is 0 Å². The minimum Gasteiger partial charge on any atom is -0.457 e. The molecule has 1 spiro atoms. The van der Waals surface area contributed by atoms with E-state index in [1.54, 1.807) is 0 Å². The summed E-state index contributed by atoms with van der Waals surface area (Å²) >= 11 is 0. The van der Waals surface area contributed by atoms with Crippen molar-refractivity contribution in [3.05, 3.63) is 12.2 Å². The number of hydrogen-bond donors (Lipinski definition) is 2. The van der Waals surface area contributed by atoms with E-state index in [1.807, 2.05) is 20.8 Å². The molecule has 3 aliphatic heterocycles. The van der Waals surface area contributed by atoms with Crippen molar-refractivity contribution in [1.82, 2.24) is 0 Å². The first-order valence-electron chi connectivity index (χ1n) is 7.76. The Morgan fingerprint density at radius 2 is 2.09 bits per heavy atom. The third-order valence-corrected chi connectivity index (χ3v) is 7.44. The van der Waals surface area contributed by atoms with Crippen LogP contribution >= 0.6 is 0 Å². The molecular formula is C16H20O6. The van der Waals surface area contributed by atoms with Crippen LogP contribution in [-0.4, -0.2) is 52.0 Å². The number of ether oxygens (including phenoxy) is 3. The molecule has 6 nitrogen and oxygen atoms in total. The molecule has 0 aromatic heterocycles. The molecule has 9 atom stereocenters. The quantitative estimate of drug-likeness (QED) is 0.406. The van der Waals surface area contributed by atoms with Crippen LogP contribution in [0.3, 0.4) is 0 Å². The standard InChI is InChI=1S/C16H20O6/c1-6(2)8-9-10-14(4)15(19,13(8,3)11(17)20-9)5-7-16(14,22-7)12(18)21-10/h7-11,17,19H,1,5H2,2-4H3/t7-,8?,9?,10?,11-,13?,14?,15?,16+/m1/s1. The van der Waals surface area contributed by atoms with E-state index in [2.05, 4.69) is 6.58 Å². The first-order valence-corrected chi connectivity index (χ1v) is 7.76. The molecule has 2 bridgehead atoms. The lowest BCUT2D eigenvalue weighted by molar-refractivity contribution is -0.245. The predicted molar refractivity (Wildman–Crippen MR) is 72.4 cm³/mol. The number of aliphatic hydroxyl groups is 2. The third kappa shape index (κ3) is 0.879. The van der Waals surface area contributed by atoms with Crippen LogP contribution in [0.5, 0.6) is 0 Å². The van der Waals surface area contributed by atoms with Gasteiger partial charge in [-0.2, -0.15) is 0 Å². The van der Waals surface area contributed by atoms with Crippen molar-refractivity contribution < 1.29 is 29.2 Å². The van der Waals surface area contributed by atoms with E-state index >= 15 is 0 Å². The minimum atomic E-state index is -1.31. The number of carbonyl (C=O) groups is 1. The highest BCUT2D eigenvalue weighted by Crippen LogP contribution is 2.80. The molecule has 0 aromatic rings. The summed E-state index contributed by atoms with van der Waals surface area (Å²) in [6, 6.07) is 0. The highest BCUT2D eigenvalue weighted by molar-refractivity contribution is 5.89. The molecule has 120 valence electrons. The van der Waals surface area contributed by atoms with Gasteiger partial charge in [0.05, 0.1) is 16.4 Å². The number of epoxide rings is 1. The smallest absolute Gasteiger partial charge is 0.342 e. The molecule has 0 radical (unpaired) electrons. The first-order chi connectivity index (χ1) is 10.2. The Hall–Kier alpha value is -0.950. The fraction of sp³-hybridized carbons (Fsp3) is 0.812. The number of fused-ring (bicyclic) bond motifs is 4. The van der Waals surface area contributed by atoms with Crippen molar-refractivity contribution in [2.24, 2.45) is 16.7 Å². The van der Waals surface area contributed by atoms with Crippen molar-refractivity contribution >= 4 is 5.97 Å². The molecular weight excluding hydrogens is 288 g/mol. The van der Waals surface area contributed by atoms with Gasteiger partial charge < -0.3 is 24.4 Å².